The van der Waals surface area contributed by atoms with Gasteiger partial charge in [0.25, 0.3) is 5.91 Å². The summed E-state index contributed by atoms with van der Waals surface area (Å²) in [5.74, 6) is -4.40. The molecule has 0 aromatic heterocycles. The fraction of sp³-hybridized carbons (Fsp3) is 0.660. The molecule has 0 saturated heterocycles. The molecule has 0 aliphatic carbocycles. The van der Waals surface area contributed by atoms with E-state index in [0.717, 1.165) is 5.56 Å². The fourth-order valence-corrected chi connectivity index (χ4v) is 7.51. The van der Waals surface area contributed by atoms with Crippen molar-refractivity contribution in [2.24, 2.45) is 17.8 Å². The molecule has 17 nitrogen and oxygen atoms in total. The summed E-state index contributed by atoms with van der Waals surface area (Å²) < 4.78 is 17.9. The number of nitrogens with one attached hydrogen (secondary N) is 4. The second-order valence-corrected chi connectivity index (χ2v) is 18.3. The second-order valence-electron chi connectivity index (χ2n) is 18.3. The molecule has 67 heavy (non-hydrogen) atoms. The van der Waals surface area contributed by atoms with Crippen molar-refractivity contribution < 1.29 is 52.9 Å². The van der Waals surface area contributed by atoms with Crippen molar-refractivity contribution in [3.8, 4) is 0 Å². The number of alkyl carbamates (subject to hydrolysis) is 1. The van der Waals surface area contributed by atoms with Gasteiger partial charge in [-0.05, 0) is 83.3 Å². The maximum atomic E-state index is 14.2. The molecule has 5 amide bonds. The molecule has 1 aliphatic rings. The van der Waals surface area contributed by atoms with Crippen LogP contribution in [0, 0.1) is 17.8 Å². The zero-order chi connectivity index (χ0) is 50.4. The zero-order valence-corrected chi connectivity index (χ0v) is 42.0. The molecular weight excluding hydrogens is 861 g/mol. The highest BCUT2D eigenvalue weighted by molar-refractivity contribution is 5.95. The second kappa shape index (κ2) is 29.5. The van der Waals surface area contributed by atoms with Gasteiger partial charge in [-0.25, -0.2) is 9.59 Å². The summed E-state index contributed by atoms with van der Waals surface area (Å²) in [6.45, 7) is 17.9. The van der Waals surface area contributed by atoms with Gasteiger partial charge < -0.3 is 50.4 Å². The number of benzene rings is 1. The van der Waals surface area contributed by atoms with Crippen molar-refractivity contribution in [1.82, 2.24) is 31.1 Å². The highest BCUT2D eigenvalue weighted by atomic mass is 16.6. The van der Waals surface area contributed by atoms with Gasteiger partial charge >= 0.3 is 18.0 Å². The number of hydrogen-bond donors (Lipinski definition) is 5. The van der Waals surface area contributed by atoms with E-state index in [1.54, 1.807) is 39.8 Å². The number of rotatable bonds is 13. The highest BCUT2D eigenvalue weighted by Crippen LogP contribution is 2.26. The van der Waals surface area contributed by atoms with Crippen LogP contribution in [0.15, 0.2) is 53.6 Å². The molecule has 376 valence electrons. The van der Waals surface area contributed by atoms with Gasteiger partial charge in [0.2, 0.25) is 17.7 Å². The van der Waals surface area contributed by atoms with E-state index < -0.39 is 90.1 Å². The number of cyclic esters (lactones) is 2. The van der Waals surface area contributed by atoms with Crippen LogP contribution >= 0.6 is 0 Å². The Balaban J connectivity index is 2.66. The van der Waals surface area contributed by atoms with Crippen molar-refractivity contribution in [1.29, 1.82) is 0 Å². The van der Waals surface area contributed by atoms with Gasteiger partial charge in [-0.15, -0.1) is 0 Å². The van der Waals surface area contributed by atoms with E-state index in [4.69, 9.17) is 19.3 Å². The largest absolute Gasteiger partial charge is 0.456 e. The summed E-state index contributed by atoms with van der Waals surface area (Å²) >= 11 is 0. The van der Waals surface area contributed by atoms with Crippen molar-refractivity contribution >= 4 is 41.7 Å². The van der Waals surface area contributed by atoms with Gasteiger partial charge in [0.1, 0.15) is 30.3 Å². The monoisotopic (exact) mass is 941 g/mol. The Morgan fingerprint density at radius 1 is 0.955 bits per heavy atom. The number of likely N-dealkylation sites (N-methyl/N-ethyl adjacent to an activating group) is 2. The Bertz CT molecular complexity index is 1840. The summed E-state index contributed by atoms with van der Waals surface area (Å²) in [6.07, 6.45) is 2.42. The van der Waals surface area contributed by atoms with E-state index in [9.17, 15) is 33.6 Å². The maximum Gasteiger partial charge on any atom is 0.407 e. The fourth-order valence-electron chi connectivity index (χ4n) is 7.51. The number of aliphatic hydroxyl groups excluding tert-OH is 1. The average molecular weight is 941 g/mol. The lowest BCUT2D eigenvalue weighted by Gasteiger charge is -2.33. The van der Waals surface area contributed by atoms with Crippen molar-refractivity contribution in [2.75, 3.05) is 40.3 Å². The smallest absolute Gasteiger partial charge is 0.407 e. The van der Waals surface area contributed by atoms with Crippen LogP contribution in [0.2, 0.25) is 0 Å². The molecular formula is C50H80N6O11. The number of hydrogen-bond acceptors (Lipinski definition) is 12. The molecule has 0 saturated carbocycles. The lowest BCUT2D eigenvalue weighted by molar-refractivity contribution is -0.154. The topological polar surface area (TPSA) is 222 Å². The standard InChI is InChI=1S/C50H80N6O11/c1-13-32(5)39-29-52-37(10)49(63)67-44(33(6)14-2)35(8)41(66-50(64)51-25-19-16-20-26-57)24-23-34(7)48(62)65-42(27-31(3)4)45(59)53-36(9)46(60)56(12)40(28-38-21-17-15-18-22-38)47(61)55(11)30-43(58)54-39/h14-15,17-18,21-23,31-32,35-37,39-42,44,52,57H,13,16,19-20,24-30H2,1-12H3,(H,51,64)(H,53,59)(H,54,58)/b33-14+,34-23+/t32?,35-,36-,37+,39+,40+,41-,42+,44+/m0/s1. The molecule has 0 bridgehead atoms. The lowest BCUT2D eigenvalue weighted by atomic mass is 9.90. The Kier molecular flexibility index (Phi) is 25.4. The summed E-state index contributed by atoms with van der Waals surface area (Å²) in [5, 5.41) is 20.8. The number of allylic oxidation sites excluding steroid dienone is 1. The van der Waals surface area contributed by atoms with Crippen LogP contribution in [-0.4, -0.2) is 139 Å². The van der Waals surface area contributed by atoms with Crippen LogP contribution in [-0.2, 0) is 49.4 Å². The number of aliphatic hydroxyl groups is 1. The highest BCUT2D eigenvalue weighted by Gasteiger charge is 2.36. The van der Waals surface area contributed by atoms with Gasteiger partial charge in [0.05, 0.1) is 6.54 Å². The molecule has 1 aromatic rings. The third-order valence-corrected chi connectivity index (χ3v) is 12.3. The maximum absolute atomic E-state index is 14.2. The van der Waals surface area contributed by atoms with Crippen LogP contribution in [0.4, 0.5) is 4.79 Å². The predicted octanol–water partition coefficient (Wildman–Crippen LogP) is 4.61. The van der Waals surface area contributed by atoms with E-state index in [2.05, 4.69) is 21.3 Å². The van der Waals surface area contributed by atoms with E-state index in [-0.39, 0.29) is 56.4 Å². The van der Waals surface area contributed by atoms with Gasteiger partial charge in [-0.1, -0.05) is 83.5 Å². The molecule has 1 aromatic carbocycles. The third-order valence-electron chi connectivity index (χ3n) is 12.3. The minimum absolute atomic E-state index is 0.00609. The lowest BCUT2D eigenvalue weighted by Crippen LogP contribution is -2.57. The van der Waals surface area contributed by atoms with Gasteiger partial charge in [-0.2, -0.15) is 0 Å². The number of amides is 5. The number of esters is 2. The number of unbranched alkanes of at least 4 members (excludes halogenated alkanes) is 2. The molecule has 17 heteroatoms. The first-order chi connectivity index (χ1) is 31.6. The van der Waals surface area contributed by atoms with Crippen molar-refractivity contribution in [3.63, 3.8) is 0 Å². The number of carbonyl (C=O) groups is 7. The van der Waals surface area contributed by atoms with Gasteiger partial charge in [0.15, 0.2) is 6.10 Å². The van der Waals surface area contributed by atoms with E-state index in [0.29, 0.717) is 37.8 Å². The molecule has 0 spiro atoms. The number of nitrogens with zero attached hydrogens (tertiary/aromatic N) is 2. The van der Waals surface area contributed by atoms with E-state index in [1.807, 2.05) is 58.0 Å². The van der Waals surface area contributed by atoms with E-state index >= 15 is 0 Å². The van der Waals surface area contributed by atoms with Crippen LogP contribution in [0.1, 0.15) is 113 Å². The normalized spacial score (nSPS) is 26.7. The van der Waals surface area contributed by atoms with E-state index in [1.165, 1.54) is 37.7 Å². The molecule has 9 atom stereocenters. The third kappa shape index (κ3) is 19.5. The van der Waals surface area contributed by atoms with Gasteiger partial charge in [-0.3, -0.25) is 24.0 Å². The number of ether oxygens (including phenoxy) is 3. The first kappa shape index (κ1) is 57.8. The molecule has 1 unspecified atom stereocenters. The molecule has 0 radical (unpaired) electrons. The Labute approximate surface area is 398 Å². The molecule has 1 aliphatic heterocycles. The van der Waals surface area contributed by atoms with Crippen molar-refractivity contribution in [3.05, 3.63) is 59.2 Å². The Hall–Kier alpha value is -5.29. The Morgan fingerprint density at radius 3 is 2.24 bits per heavy atom. The quantitative estimate of drug-likeness (QED) is 0.0793. The summed E-state index contributed by atoms with van der Waals surface area (Å²) in [5.41, 5.74) is 1.58. The molecule has 0 fully saturated rings. The van der Waals surface area contributed by atoms with Crippen LogP contribution in [0.25, 0.3) is 0 Å². The van der Waals surface area contributed by atoms with Crippen molar-refractivity contribution in [2.45, 2.75) is 157 Å². The SMILES string of the molecule is C/C=C(\C)[C@H]1OC(=O)[C@@H](C)NC[C@H](C(C)CC)NC(=O)CN(C)C(=O)[C@@H](Cc2ccccc2)N(C)C(=O)[C@H](C)NC(=O)[C@@H](CC(C)C)OC(=O)/C(C)=C/C[C@H](OC(=O)NCCCCCO)[C@@H]1C. The van der Waals surface area contributed by atoms with Gasteiger partial charge in [0, 0.05) is 64.2 Å². The zero-order valence-electron chi connectivity index (χ0n) is 42.0. The van der Waals surface area contributed by atoms with Crippen LogP contribution < -0.4 is 21.3 Å². The average Bonchev–Trinajstić information content (AvgIpc) is 3.30. The summed E-state index contributed by atoms with van der Waals surface area (Å²) in [7, 11) is 2.96. The molecule has 2 rings (SSSR count). The number of carbonyl (C=O) groups excluding carboxylic acids is 7. The van der Waals surface area contributed by atoms with Crippen LogP contribution in [0.5, 0.6) is 0 Å². The molecule has 1 heterocycles. The first-order valence-electron chi connectivity index (χ1n) is 23.8. The minimum Gasteiger partial charge on any atom is -0.456 e. The van der Waals surface area contributed by atoms with Crippen LogP contribution in [0.3, 0.4) is 0 Å². The summed E-state index contributed by atoms with van der Waals surface area (Å²) in [4.78, 5) is 99.1. The Morgan fingerprint density at radius 2 is 1.63 bits per heavy atom. The minimum atomic E-state index is -1.29. The summed E-state index contributed by atoms with van der Waals surface area (Å²) in [6, 6.07) is 5.64. The first-order valence-corrected chi connectivity index (χ1v) is 23.8. The molecule has 5 N–H and O–H groups in total. The predicted molar refractivity (Wildman–Crippen MR) is 256 cm³/mol.